The Bertz CT molecular complexity index is 2390. The van der Waals surface area contributed by atoms with E-state index < -0.39 is 5.66 Å². The first-order valence-corrected chi connectivity index (χ1v) is 17.8. The molecule has 0 N–H and O–H groups in total. The highest BCUT2D eigenvalue weighted by atomic mass is 15.4. The number of anilines is 8. The van der Waals surface area contributed by atoms with Crippen molar-refractivity contribution in [2.75, 3.05) is 33.7 Å². The van der Waals surface area contributed by atoms with Gasteiger partial charge in [0.25, 0.3) is 6.71 Å². The van der Waals surface area contributed by atoms with E-state index in [9.17, 15) is 0 Å². The summed E-state index contributed by atoms with van der Waals surface area (Å²) in [5.41, 5.74) is 16.8. The first kappa shape index (κ1) is 29.7. The van der Waals surface area contributed by atoms with Crippen LogP contribution >= 0.6 is 0 Å². The Balaban J connectivity index is 1.28. The van der Waals surface area contributed by atoms with E-state index in [1.165, 1.54) is 72.9 Å². The van der Waals surface area contributed by atoms with Crippen molar-refractivity contribution in [2.24, 2.45) is 0 Å². The van der Waals surface area contributed by atoms with Gasteiger partial charge in [-0.1, -0.05) is 115 Å². The SMILES string of the molecule is Cc1cc2c3c(c1)N(c1ccccc1)c1cc4c(cc1B3c1ccccc1N2c1ccccc1)N(C)C(c1ccccc1)(c1ccccc1)N4C. The van der Waals surface area contributed by atoms with Crippen LogP contribution in [0.4, 0.5) is 45.5 Å². The second kappa shape index (κ2) is 11.2. The van der Waals surface area contributed by atoms with E-state index in [1.807, 2.05) is 0 Å². The highest BCUT2D eigenvalue weighted by Gasteiger charge is 2.51. The molecule has 0 fully saturated rings. The monoisotopic (exact) mass is 656 g/mol. The first-order valence-electron chi connectivity index (χ1n) is 17.8. The molecule has 0 unspecified atom stereocenters. The Morgan fingerprint density at radius 1 is 0.412 bits per heavy atom. The van der Waals surface area contributed by atoms with Crippen LogP contribution in [0.3, 0.4) is 0 Å². The molecule has 5 heteroatoms. The summed E-state index contributed by atoms with van der Waals surface area (Å²) in [4.78, 5) is 9.96. The first-order chi connectivity index (χ1) is 25.1. The van der Waals surface area contributed by atoms with Gasteiger partial charge in [0.1, 0.15) is 0 Å². The summed E-state index contributed by atoms with van der Waals surface area (Å²) in [6, 6.07) is 62.4. The van der Waals surface area contributed by atoms with Gasteiger partial charge in [0.15, 0.2) is 5.66 Å². The summed E-state index contributed by atoms with van der Waals surface area (Å²) in [5, 5.41) is 0. The molecule has 244 valence electrons. The van der Waals surface area contributed by atoms with Crippen LogP contribution in [0.15, 0.2) is 170 Å². The van der Waals surface area contributed by atoms with E-state index >= 15 is 0 Å². The Morgan fingerprint density at radius 2 is 0.863 bits per heavy atom. The number of hydrogen-bond acceptors (Lipinski definition) is 4. The molecule has 0 amide bonds. The van der Waals surface area contributed by atoms with Crippen molar-refractivity contribution in [1.29, 1.82) is 0 Å². The summed E-state index contributed by atoms with van der Waals surface area (Å²) in [5.74, 6) is 0. The van der Waals surface area contributed by atoms with Gasteiger partial charge in [-0.2, -0.15) is 0 Å². The van der Waals surface area contributed by atoms with Crippen molar-refractivity contribution >= 4 is 68.6 Å². The van der Waals surface area contributed by atoms with Crippen molar-refractivity contribution in [3.63, 3.8) is 0 Å². The molecule has 51 heavy (non-hydrogen) atoms. The molecule has 0 saturated carbocycles. The van der Waals surface area contributed by atoms with Gasteiger partial charge in [-0.05, 0) is 83.5 Å². The molecule has 7 aromatic rings. The second-order valence-electron chi connectivity index (χ2n) is 14.0. The van der Waals surface area contributed by atoms with Crippen molar-refractivity contribution < 1.29 is 0 Å². The summed E-state index contributed by atoms with van der Waals surface area (Å²) in [6.07, 6.45) is 0. The highest BCUT2D eigenvalue weighted by Crippen LogP contribution is 2.54. The molecule has 0 atom stereocenters. The Hall–Kier alpha value is -6.20. The van der Waals surface area contributed by atoms with Crippen molar-refractivity contribution in [3.05, 3.63) is 187 Å². The van der Waals surface area contributed by atoms with Gasteiger partial charge in [-0.15, -0.1) is 0 Å². The zero-order valence-corrected chi connectivity index (χ0v) is 29.0. The van der Waals surface area contributed by atoms with Crippen molar-refractivity contribution in [3.8, 4) is 0 Å². The fourth-order valence-corrected chi connectivity index (χ4v) is 9.21. The van der Waals surface area contributed by atoms with E-state index in [1.54, 1.807) is 0 Å². The van der Waals surface area contributed by atoms with Crippen LogP contribution in [0.25, 0.3) is 0 Å². The Morgan fingerprint density at radius 3 is 1.41 bits per heavy atom. The van der Waals surface area contributed by atoms with Gasteiger partial charge in [0.2, 0.25) is 0 Å². The lowest BCUT2D eigenvalue weighted by Crippen LogP contribution is -2.61. The molecule has 10 rings (SSSR count). The smallest absolute Gasteiger partial charge is 0.252 e. The van der Waals surface area contributed by atoms with Crippen LogP contribution in [0.5, 0.6) is 0 Å². The van der Waals surface area contributed by atoms with Crippen LogP contribution in [0.2, 0.25) is 0 Å². The number of benzene rings is 7. The minimum absolute atomic E-state index is 0.0502. The Labute approximate surface area is 300 Å². The maximum Gasteiger partial charge on any atom is 0.252 e. The van der Waals surface area contributed by atoms with Crippen LogP contribution in [-0.2, 0) is 5.66 Å². The molecule has 3 aliphatic rings. The number of fused-ring (bicyclic) bond motifs is 5. The topological polar surface area (TPSA) is 13.0 Å². The lowest BCUT2D eigenvalue weighted by molar-refractivity contribution is 0.522. The molecule has 0 spiro atoms. The average Bonchev–Trinajstić information content (AvgIpc) is 3.40. The predicted octanol–water partition coefficient (Wildman–Crippen LogP) is 8.86. The fourth-order valence-electron chi connectivity index (χ4n) is 9.21. The standard InChI is InChI=1S/C46H37BN4/c1-32-28-43-45-44(29-32)51(36-24-14-7-15-25-36)40-31-42-41(48(2)46(49(42)3,33-18-8-4-9-19-33)34-20-10-5-11-21-34)30-38(40)47(45)37-26-16-17-27-39(37)50(43)35-22-12-6-13-23-35/h4-31H,1-3H3. The molecule has 0 aliphatic carbocycles. The van der Waals surface area contributed by atoms with Gasteiger partial charge in [0.05, 0.1) is 11.4 Å². The number of nitrogens with zero attached hydrogens (tertiary/aromatic N) is 4. The van der Waals surface area contributed by atoms with E-state index in [-0.39, 0.29) is 6.71 Å². The summed E-state index contributed by atoms with van der Waals surface area (Å²) < 4.78 is 0. The largest absolute Gasteiger partial charge is 0.343 e. The van der Waals surface area contributed by atoms with Crippen LogP contribution < -0.4 is 36.0 Å². The van der Waals surface area contributed by atoms with Gasteiger partial charge >= 0.3 is 0 Å². The van der Waals surface area contributed by atoms with Crippen LogP contribution in [0, 0.1) is 6.92 Å². The minimum Gasteiger partial charge on any atom is -0.343 e. The summed E-state index contributed by atoms with van der Waals surface area (Å²) in [7, 11) is 4.52. The normalized spacial score (nSPS) is 14.9. The molecule has 4 nitrogen and oxygen atoms in total. The summed E-state index contributed by atoms with van der Waals surface area (Å²) in [6.45, 7) is 2.28. The third-order valence-corrected chi connectivity index (χ3v) is 11.3. The maximum absolute atomic E-state index is 2.51. The minimum atomic E-state index is -0.532. The second-order valence-corrected chi connectivity index (χ2v) is 14.0. The zero-order chi connectivity index (χ0) is 34.3. The van der Waals surface area contributed by atoms with Gasteiger partial charge in [-0.25, -0.2) is 0 Å². The highest BCUT2D eigenvalue weighted by molar-refractivity contribution is 7.00. The molecule has 7 aromatic carbocycles. The molecule has 0 aromatic heterocycles. The number of para-hydroxylation sites is 3. The molecular formula is C46H37BN4. The molecule has 0 bridgehead atoms. The quantitative estimate of drug-likeness (QED) is 0.176. The molecular weight excluding hydrogens is 619 g/mol. The van der Waals surface area contributed by atoms with Crippen molar-refractivity contribution in [1.82, 2.24) is 0 Å². The number of hydrogen-bond donors (Lipinski definition) is 0. The lowest BCUT2D eigenvalue weighted by atomic mass is 9.33. The molecule has 0 saturated heterocycles. The fraction of sp³-hybridized carbons (Fsp3) is 0.0870. The number of aryl methyl sites for hydroxylation is 1. The molecule has 0 radical (unpaired) electrons. The third-order valence-electron chi connectivity index (χ3n) is 11.3. The third kappa shape index (κ3) is 4.09. The predicted molar refractivity (Wildman–Crippen MR) is 216 cm³/mol. The van der Waals surface area contributed by atoms with E-state index in [4.69, 9.17) is 0 Å². The summed E-state index contributed by atoms with van der Waals surface area (Å²) >= 11 is 0. The maximum atomic E-state index is 2.51. The molecule has 3 heterocycles. The average molecular weight is 657 g/mol. The van der Waals surface area contributed by atoms with Gasteiger partial charge in [-0.3, -0.25) is 0 Å². The molecule has 3 aliphatic heterocycles. The van der Waals surface area contributed by atoms with E-state index in [2.05, 4.69) is 210 Å². The zero-order valence-electron chi connectivity index (χ0n) is 29.0. The van der Waals surface area contributed by atoms with Crippen molar-refractivity contribution in [2.45, 2.75) is 12.6 Å². The number of rotatable bonds is 4. The van der Waals surface area contributed by atoms with Crippen LogP contribution in [-0.4, -0.2) is 20.8 Å². The lowest BCUT2D eigenvalue weighted by Gasteiger charge is -2.44. The van der Waals surface area contributed by atoms with Crippen LogP contribution in [0.1, 0.15) is 16.7 Å². The van der Waals surface area contributed by atoms with E-state index in [0.717, 1.165) is 5.69 Å². The van der Waals surface area contributed by atoms with Gasteiger partial charge < -0.3 is 19.6 Å². The van der Waals surface area contributed by atoms with E-state index in [0.29, 0.717) is 0 Å². The Kier molecular flexibility index (Phi) is 6.50. The van der Waals surface area contributed by atoms with Gasteiger partial charge in [0, 0.05) is 59.3 Å².